The highest BCUT2D eigenvalue weighted by atomic mass is 32.2. The van der Waals surface area contributed by atoms with Crippen molar-refractivity contribution in [2.75, 3.05) is 12.4 Å². The summed E-state index contributed by atoms with van der Waals surface area (Å²) in [7, 11) is 0. The van der Waals surface area contributed by atoms with Crippen LogP contribution in [0.1, 0.15) is 6.23 Å². The van der Waals surface area contributed by atoms with Crippen molar-refractivity contribution in [3.63, 3.8) is 0 Å². The smallest absolute Gasteiger partial charge is 0.166 e. The van der Waals surface area contributed by atoms with Crippen LogP contribution in [-0.2, 0) is 4.74 Å². The fourth-order valence-corrected chi connectivity index (χ4v) is 3.05. The number of aromatic nitrogens is 4. The Morgan fingerprint density at radius 1 is 1.32 bits per heavy atom. The molecule has 0 bridgehead atoms. The second-order valence-corrected chi connectivity index (χ2v) is 5.84. The Balaban J connectivity index is 1.97. The van der Waals surface area contributed by atoms with E-state index >= 15 is 0 Å². The molecule has 22 heavy (non-hydrogen) atoms. The van der Waals surface area contributed by atoms with Gasteiger partial charge in [0.15, 0.2) is 11.9 Å². The third-order valence-corrected chi connectivity index (χ3v) is 4.43. The number of hydrogen-bond donors (Lipinski definition) is 3. The number of aliphatic hydroxyl groups excluding tert-OH is 3. The van der Waals surface area contributed by atoms with Gasteiger partial charge in [0.25, 0.3) is 0 Å². The van der Waals surface area contributed by atoms with Crippen LogP contribution in [-0.4, -0.2) is 65.5 Å². The predicted octanol–water partition coefficient (Wildman–Crippen LogP) is -0.284. The van der Waals surface area contributed by atoms with Gasteiger partial charge in [-0.25, -0.2) is 15.0 Å². The van der Waals surface area contributed by atoms with E-state index < -0.39 is 24.5 Å². The fourth-order valence-electron chi connectivity index (χ4n) is 2.37. The van der Waals surface area contributed by atoms with Gasteiger partial charge in [-0.3, -0.25) is 4.57 Å². The third-order valence-electron chi connectivity index (χ3n) is 3.45. The molecule has 1 saturated heterocycles. The van der Waals surface area contributed by atoms with E-state index in [-0.39, 0.29) is 6.61 Å². The molecular weight excluding hydrogens is 308 g/mol. The van der Waals surface area contributed by atoms with Crippen molar-refractivity contribution in [3.05, 3.63) is 25.3 Å². The van der Waals surface area contributed by atoms with Crippen LogP contribution in [0.4, 0.5) is 0 Å². The highest BCUT2D eigenvalue weighted by Gasteiger charge is 2.43. The second-order valence-electron chi connectivity index (χ2n) is 4.83. The number of imidazole rings is 1. The third kappa shape index (κ3) is 2.50. The van der Waals surface area contributed by atoms with E-state index in [0.717, 1.165) is 0 Å². The molecule has 2 aromatic rings. The summed E-state index contributed by atoms with van der Waals surface area (Å²) in [5.74, 6) is 0.687. The number of nitrogens with zero attached hydrogens (tertiary/aromatic N) is 4. The summed E-state index contributed by atoms with van der Waals surface area (Å²) in [5, 5.41) is 29.8. The molecule has 0 aromatic carbocycles. The van der Waals surface area contributed by atoms with E-state index in [1.165, 1.54) is 24.4 Å². The lowest BCUT2D eigenvalue weighted by atomic mass is 10.1. The Labute approximate surface area is 130 Å². The second kappa shape index (κ2) is 6.31. The van der Waals surface area contributed by atoms with Gasteiger partial charge >= 0.3 is 0 Å². The van der Waals surface area contributed by atoms with Crippen molar-refractivity contribution in [1.82, 2.24) is 19.5 Å². The minimum atomic E-state index is -1.17. The van der Waals surface area contributed by atoms with Crippen LogP contribution < -0.4 is 0 Å². The van der Waals surface area contributed by atoms with Gasteiger partial charge in [-0.15, -0.1) is 6.58 Å². The fraction of sp³-hybridized carbons (Fsp3) is 0.462. The normalized spacial score (nSPS) is 28.3. The summed E-state index contributed by atoms with van der Waals surface area (Å²) in [5.41, 5.74) is 1.09. The largest absolute Gasteiger partial charge is 0.394 e. The molecule has 0 saturated carbocycles. The zero-order valence-corrected chi connectivity index (χ0v) is 12.4. The summed E-state index contributed by atoms with van der Waals surface area (Å²) in [6.07, 6.45) is 0.628. The number of ether oxygens (including phenoxy) is 1. The lowest BCUT2D eigenvalue weighted by molar-refractivity contribution is -0.0511. The summed E-state index contributed by atoms with van der Waals surface area (Å²) in [6.45, 7) is 3.29. The molecule has 1 aliphatic rings. The number of aliphatic hydroxyl groups is 3. The van der Waals surface area contributed by atoms with Gasteiger partial charge < -0.3 is 20.1 Å². The molecule has 3 rings (SSSR count). The van der Waals surface area contributed by atoms with E-state index in [1.54, 1.807) is 10.6 Å². The Kier molecular flexibility index (Phi) is 4.41. The lowest BCUT2D eigenvalue weighted by Crippen LogP contribution is -2.33. The van der Waals surface area contributed by atoms with E-state index in [0.29, 0.717) is 21.9 Å². The van der Waals surface area contributed by atoms with E-state index in [9.17, 15) is 10.2 Å². The Hall–Kier alpha value is -1.52. The molecule has 4 atom stereocenters. The molecule has 0 radical (unpaired) electrons. The van der Waals surface area contributed by atoms with E-state index in [4.69, 9.17) is 9.84 Å². The van der Waals surface area contributed by atoms with E-state index in [1.807, 2.05) is 0 Å². The van der Waals surface area contributed by atoms with Crippen LogP contribution in [0.15, 0.2) is 30.3 Å². The van der Waals surface area contributed by atoms with Crippen LogP contribution in [0.25, 0.3) is 11.2 Å². The molecular formula is C13H16N4O4S. The van der Waals surface area contributed by atoms with Gasteiger partial charge in [0.2, 0.25) is 0 Å². The summed E-state index contributed by atoms with van der Waals surface area (Å²) < 4.78 is 7.04. The maximum atomic E-state index is 10.1. The number of hydrogen-bond acceptors (Lipinski definition) is 8. The molecule has 3 N–H and O–H groups in total. The van der Waals surface area contributed by atoms with Gasteiger partial charge in [0.05, 0.1) is 12.9 Å². The number of rotatable bonds is 5. The highest BCUT2D eigenvalue weighted by molar-refractivity contribution is 7.99. The van der Waals surface area contributed by atoms with Gasteiger partial charge in [0, 0.05) is 5.75 Å². The average molecular weight is 324 g/mol. The number of thioether (sulfide) groups is 1. The lowest BCUT2D eigenvalue weighted by Gasteiger charge is -2.16. The van der Waals surface area contributed by atoms with Crippen molar-refractivity contribution in [2.24, 2.45) is 0 Å². The average Bonchev–Trinajstić information content (AvgIpc) is 3.08. The first-order valence-electron chi connectivity index (χ1n) is 6.71. The molecule has 4 unspecified atom stereocenters. The van der Waals surface area contributed by atoms with Crippen LogP contribution in [0, 0.1) is 0 Å². The highest BCUT2D eigenvalue weighted by Crippen LogP contribution is 2.32. The number of fused-ring (bicyclic) bond motifs is 1. The molecule has 0 aliphatic carbocycles. The maximum absolute atomic E-state index is 10.1. The molecule has 118 valence electrons. The van der Waals surface area contributed by atoms with Crippen LogP contribution >= 0.6 is 11.8 Å². The molecule has 3 heterocycles. The van der Waals surface area contributed by atoms with Crippen molar-refractivity contribution in [2.45, 2.75) is 29.6 Å². The van der Waals surface area contributed by atoms with Gasteiger partial charge in [-0.05, 0) is 0 Å². The summed E-state index contributed by atoms with van der Waals surface area (Å²) >= 11 is 1.47. The van der Waals surface area contributed by atoms with Crippen LogP contribution in [0.5, 0.6) is 0 Å². The SMILES string of the molecule is C=CCSc1ncnc2c1ncn2C1OC(CO)C(O)C1O. The van der Waals surface area contributed by atoms with Crippen molar-refractivity contribution < 1.29 is 20.1 Å². The summed E-state index contributed by atoms with van der Waals surface area (Å²) in [6, 6.07) is 0. The molecule has 1 fully saturated rings. The van der Waals surface area contributed by atoms with Crippen LogP contribution in [0.2, 0.25) is 0 Å². The van der Waals surface area contributed by atoms with Gasteiger partial charge in [-0.2, -0.15) is 0 Å². The Morgan fingerprint density at radius 3 is 2.82 bits per heavy atom. The van der Waals surface area contributed by atoms with Gasteiger partial charge in [0.1, 0.15) is 35.2 Å². The first-order chi connectivity index (χ1) is 10.7. The Morgan fingerprint density at radius 2 is 2.14 bits per heavy atom. The van der Waals surface area contributed by atoms with Crippen molar-refractivity contribution in [3.8, 4) is 0 Å². The zero-order valence-electron chi connectivity index (χ0n) is 11.6. The van der Waals surface area contributed by atoms with Gasteiger partial charge in [-0.1, -0.05) is 17.8 Å². The molecule has 9 heteroatoms. The summed E-state index contributed by atoms with van der Waals surface area (Å²) in [4.78, 5) is 12.6. The maximum Gasteiger partial charge on any atom is 0.166 e. The molecule has 0 spiro atoms. The molecule has 2 aromatic heterocycles. The first kappa shape index (κ1) is 15.4. The topological polar surface area (TPSA) is 114 Å². The standard InChI is InChI=1S/C13H16N4O4S/c1-2-3-22-12-8-11(14-5-15-12)17(6-16-8)13-10(20)9(19)7(4-18)21-13/h2,5-7,9-10,13,18-20H,1,3-4H2. The Bertz CT molecular complexity index is 679. The molecule has 8 nitrogen and oxygen atoms in total. The minimum Gasteiger partial charge on any atom is -0.394 e. The predicted molar refractivity (Wildman–Crippen MR) is 79.3 cm³/mol. The minimum absolute atomic E-state index is 0.378. The molecule has 0 amide bonds. The van der Waals surface area contributed by atoms with Crippen molar-refractivity contribution >= 4 is 22.9 Å². The zero-order chi connectivity index (χ0) is 15.7. The van der Waals surface area contributed by atoms with Crippen LogP contribution in [0.3, 0.4) is 0 Å². The van der Waals surface area contributed by atoms with Crippen molar-refractivity contribution in [1.29, 1.82) is 0 Å². The van der Waals surface area contributed by atoms with E-state index in [2.05, 4.69) is 21.5 Å². The quantitative estimate of drug-likeness (QED) is 0.391. The first-order valence-corrected chi connectivity index (χ1v) is 7.69. The molecule has 1 aliphatic heterocycles. The monoisotopic (exact) mass is 324 g/mol.